The van der Waals surface area contributed by atoms with Crippen LogP contribution in [0, 0.1) is 17.0 Å². The zero-order valence-corrected chi connectivity index (χ0v) is 20.2. The number of hydrogen-bond donors (Lipinski definition) is 2. The second-order valence-electron chi connectivity index (χ2n) is 8.17. The molecule has 0 aliphatic heterocycles. The fourth-order valence-electron chi connectivity index (χ4n) is 3.83. The van der Waals surface area contributed by atoms with E-state index in [0.717, 1.165) is 36.2 Å². The van der Waals surface area contributed by atoms with E-state index in [0.29, 0.717) is 34.1 Å². The molecule has 0 atom stereocenters. The molecule has 0 unspecified atom stereocenters. The average molecular weight is 493 g/mol. The van der Waals surface area contributed by atoms with E-state index in [2.05, 4.69) is 22.5 Å². The summed E-state index contributed by atoms with van der Waals surface area (Å²) in [4.78, 5) is 32.8. The van der Waals surface area contributed by atoms with Gasteiger partial charge >= 0.3 is 6.03 Å². The highest BCUT2D eigenvalue weighted by atomic mass is 35.5. The molecular formula is C25H25ClN6O3. The molecule has 10 heteroatoms. The highest BCUT2D eigenvalue weighted by Gasteiger charge is 2.18. The van der Waals surface area contributed by atoms with Gasteiger partial charge in [-0.1, -0.05) is 49.2 Å². The first kappa shape index (κ1) is 24.2. The number of nitrogens with zero attached hydrogens (tertiary/aromatic N) is 4. The molecule has 0 aliphatic carbocycles. The Morgan fingerprint density at radius 1 is 1.14 bits per heavy atom. The maximum Gasteiger partial charge on any atom is 0.323 e. The summed E-state index contributed by atoms with van der Waals surface area (Å²) < 4.78 is 1.99. The number of nitrogens with one attached hydrogen (secondary N) is 2. The minimum Gasteiger partial charge on any atom is -0.308 e. The van der Waals surface area contributed by atoms with Crippen LogP contribution in [0.1, 0.15) is 36.7 Å². The maximum absolute atomic E-state index is 12.6. The number of fused-ring (bicyclic) bond motifs is 1. The van der Waals surface area contributed by atoms with Crippen LogP contribution in [0.3, 0.4) is 0 Å². The van der Waals surface area contributed by atoms with Crippen molar-refractivity contribution in [2.24, 2.45) is 0 Å². The van der Waals surface area contributed by atoms with Crippen molar-refractivity contribution in [3.8, 4) is 0 Å². The number of aryl methyl sites for hydroxylation is 2. The number of aromatic nitrogens is 3. The second kappa shape index (κ2) is 10.5. The van der Waals surface area contributed by atoms with Crippen molar-refractivity contribution in [3.05, 3.63) is 86.8 Å². The third-order valence-electron chi connectivity index (χ3n) is 5.68. The van der Waals surface area contributed by atoms with Crippen LogP contribution in [0.15, 0.2) is 54.7 Å². The lowest BCUT2D eigenvalue weighted by atomic mass is 10.2. The molecule has 2 aromatic carbocycles. The molecule has 35 heavy (non-hydrogen) atoms. The molecule has 4 rings (SSSR count). The number of pyridine rings is 1. The number of anilines is 2. The summed E-state index contributed by atoms with van der Waals surface area (Å²) in [5.41, 5.74) is 3.99. The Morgan fingerprint density at radius 3 is 2.66 bits per heavy atom. The van der Waals surface area contributed by atoms with E-state index in [1.54, 1.807) is 42.6 Å². The van der Waals surface area contributed by atoms with Crippen LogP contribution in [0.5, 0.6) is 0 Å². The third-order valence-corrected chi connectivity index (χ3v) is 6.01. The molecule has 9 nitrogen and oxygen atoms in total. The first-order valence-corrected chi connectivity index (χ1v) is 11.7. The Labute approximate surface area is 207 Å². The first-order chi connectivity index (χ1) is 16.9. The molecule has 0 radical (unpaired) electrons. The van der Waals surface area contributed by atoms with E-state index in [-0.39, 0.29) is 5.69 Å². The van der Waals surface area contributed by atoms with E-state index in [1.165, 1.54) is 6.07 Å². The predicted octanol–water partition coefficient (Wildman–Crippen LogP) is 6.34. The Bertz CT molecular complexity index is 1400. The number of nitro benzene ring substituents is 1. The van der Waals surface area contributed by atoms with Gasteiger partial charge in [0.05, 0.1) is 34.1 Å². The van der Waals surface area contributed by atoms with Crippen LogP contribution in [0.4, 0.5) is 21.9 Å². The minimum atomic E-state index is -0.440. The van der Waals surface area contributed by atoms with Gasteiger partial charge in [-0.25, -0.2) is 14.8 Å². The number of carbonyl (C=O) groups excluding carboxylic acids is 1. The molecule has 0 aliphatic rings. The van der Waals surface area contributed by atoms with Gasteiger partial charge in [0, 0.05) is 24.1 Å². The molecule has 2 N–H and O–H groups in total. The monoisotopic (exact) mass is 492 g/mol. The van der Waals surface area contributed by atoms with Crippen LogP contribution < -0.4 is 10.6 Å². The van der Waals surface area contributed by atoms with Crippen LogP contribution in [-0.4, -0.2) is 25.5 Å². The van der Waals surface area contributed by atoms with Crippen molar-refractivity contribution in [2.75, 3.05) is 10.6 Å². The molecule has 180 valence electrons. The van der Waals surface area contributed by atoms with Crippen LogP contribution in [-0.2, 0) is 13.0 Å². The fourth-order valence-corrected chi connectivity index (χ4v) is 4.01. The van der Waals surface area contributed by atoms with Gasteiger partial charge in [-0.15, -0.1) is 0 Å². The number of rotatable bonds is 8. The van der Waals surface area contributed by atoms with Crippen LogP contribution >= 0.6 is 11.6 Å². The Hall–Kier alpha value is -3.98. The van der Waals surface area contributed by atoms with Crippen molar-refractivity contribution in [1.82, 2.24) is 14.5 Å². The van der Waals surface area contributed by atoms with Crippen molar-refractivity contribution in [2.45, 2.75) is 39.7 Å². The van der Waals surface area contributed by atoms with Crippen LogP contribution in [0.25, 0.3) is 11.2 Å². The van der Waals surface area contributed by atoms with E-state index < -0.39 is 11.0 Å². The summed E-state index contributed by atoms with van der Waals surface area (Å²) in [5.74, 6) is 0.849. The number of halogens is 1. The van der Waals surface area contributed by atoms with Gasteiger partial charge < -0.3 is 15.2 Å². The largest absolute Gasteiger partial charge is 0.323 e. The number of amides is 2. The van der Waals surface area contributed by atoms with E-state index in [4.69, 9.17) is 16.6 Å². The zero-order valence-electron chi connectivity index (χ0n) is 19.4. The lowest BCUT2D eigenvalue weighted by Crippen LogP contribution is -2.20. The van der Waals surface area contributed by atoms with Crippen molar-refractivity contribution in [1.29, 1.82) is 0 Å². The van der Waals surface area contributed by atoms with Gasteiger partial charge in [0.15, 0.2) is 5.65 Å². The lowest BCUT2D eigenvalue weighted by molar-refractivity contribution is -0.384. The Morgan fingerprint density at radius 2 is 1.91 bits per heavy atom. The Kier molecular flexibility index (Phi) is 7.26. The van der Waals surface area contributed by atoms with Crippen molar-refractivity contribution in [3.63, 3.8) is 0 Å². The van der Waals surface area contributed by atoms with E-state index >= 15 is 0 Å². The smallest absolute Gasteiger partial charge is 0.308 e. The summed E-state index contributed by atoms with van der Waals surface area (Å²) >= 11 is 6.13. The fraction of sp³-hybridized carbons (Fsp3) is 0.240. The third kappa shape index (κ3) is 5.41. The minimum absolute atomic E-state index is 0.0437. The number of hydrogen-bond acceptors (Lipinski definition) is 5. The standard InChI is InChI=1S/C25H25ClN6O3/c1-3-4-12-22-30-23-16(2)21(29-25(33)28-20-11-6-5-10-19(20)26)14-27-24(23)31(22)15-17-8-7-9-18(13-17)32(34)35/h5-11,13-14H,3-4,12,15H2,1-2H3,(H2,28,29,33). The van der Waals surface area contributed by atoms with Crippen molar-refractivity contribution < 1.29 is 9.72 Å². The molecular weight excluding hydrogens is 468 g/mol. The highest BCUT2D eigenvalue weighted by molar-refractivity contribution is 6.33. The Balaban J connectivity index is 1.66. The topological polar surface area (TPSA) is 115 Å². The number of unbranched alkanes of at least 4 members (excludes halogenated alkanes) is 1. The SMILES string of the molecule is CCCCc1nc2c(C)c(NC(=O)Nc3ccccc3Cl)cnc2n1Cc1cccc([N+](=O)[O-])c1. The average Bonchev–Trinajstić information content (AvgIpc) is 3.19. The number of non-ortho nitro benzene ring substituents is 1. The molecule has 0 bridgehead atoms. The van der Waals surface area contributed by atoms with E-state index in [1.807, 2.05) is 17.6 Å². The summed E-state index contributed by atoms with van der Waals surface area (Å²) in [6.07, 6.45) is 4.29. The van der Waals surface area contributed by atoms with Crippen LogP contribution in [0.2, 0.25) is 5.02 Å². The summed E-state index contributed by atoms with van der Waals surface area (Å²) in [6, 6.07) is 13.1. The van der Waals surface area contributed by atoms with Crippen molar-refractivity contribution >= 4 is 45.9 Å². The number of nitro groups is 1. The molecule has 2 heterocycles. The molecule has 0 saturated heterocycles. The predicted molar refractivity (Wildman–Crippen MR) is 137 cm³/mol. The maximum atomic E-state index is 12.6. The normalized spacial score (nSPS) is 10.9. The molecule has 0 fully saturated rings. The summed E-state index contributed by atoms with van der Waals surface area (Å²) in [5, 5.41) is 17.2. The van der Waals surface area contributed by atoms with Gasteiger partial charge in [-0.3, -0.25) is 10.1 Å². The van der Waals surface area contributed by atoms with Gasteiger partial charge in [0.1, 0.15) is 11.3 Å². The molecule has 0 spiro atoms. The van der Waals surface area contributed by atoms with Gasteiger partial charge in [-0.05, 0) is 31.0 Å². The number of imidazole rings is 1. The first-order valence-electron chi connectivity index (χ1n) is 11.3. The van der Waals surface area contributed by atoms with Gasteiger partial charge in [0.2, 0.25) is 0 Å². The summed E-state index contributed by atoms with van der Waals surface area (Å²) in [6.45, 7) is 4.39. The molecule has 2 aromatic heterocycles. The number of urea groups is 1. The second-order valence-corrected chi connectivity index (χ2v) is 8.58. The van der Waals surface area contributed by atoms with Gasteiger partial charge in [-0.2, -0.15) is 0 Å². The van der Waals surface area contributed by atoms with Gasteiger partial charge in [0.25, 0.3) is 5.69 Å². The zero-order chi connectivity index (χ0) is 24.9. The van der Waals surface area contributed by atoms with E-state index in [9.17, 15) is 14.9 Å². The quantitative estimate of drug-likeness (QED) is 0.220. The summed E-state index contributed by atoms with van der Waals surface area (Å²) in [7, 11) is 0. The molecule has 2 amide bonds. The lowest BCUT2D eigenvalue weighted by Gasteiger charge is -2.12. The number of carbonyl (C=O) groups is 1. The number of benzene rings is 2. The number of para-hydroxylation sites is 1. The highest BCUT2D eigenvalue weighted by Crippen LogP contribution is 2.27. The molecule has 4 aromatic rings. The molecule has 0 saturated carbocycles.